The van der Waals surface area contributed by atoms with Gasteiger partial charge >= 0.3 is 5.97 Å². The molecule has 0 aromatic heterocycles. The number of hydrogen-bond donors (Lipinski definition) is 1. The molecule has 0 heterocycles. The maximum atomic E-state index is 12.0. The van der Waals surface area contributed by atoms with Crippen molar-refractivity contribution in [2.75, 3.05) is 17.7 Å². The van der Waals surface area contributed by atoms with Crippen molar-refractivity contribution in [1.82, 2.24) is 0 Å². The van der Waals surface area contributed by atoms with E-state index in [-0.39, 0.29) is 11.9 Å². The highest BCUT2D eigenvalue weighted by Gasteiger charge is 2.07. The summed E-state index contributed by atoms with van der Waals surface area (Å²) in [6.07, 6.45) is 1.22. The molecule has 0 spiro atoms. The molecule has 6 heteroatoms. The van der Waals surface area contributed by atoms with Gasteiger partial charge in [-0.2, -0.15) is 0 Å². The van der Waals surface area contributed by atoms with Crippen LogP contribution in [0.1, 0.15) is 30.1 Å². The molecule has 1 N–H and O–H groups in total. The Morgan fingerprint density at radius 2 is 1.76 bits per heavy atom. The summed E-state index contributed by atoms with van der Waals surface area (Å²) in [5, 5.41) is 3.55. The maximum absolute atomic E-state index is 12.0. The first kappa shape index (κ1) is 19.3. The molecular formula is C19H20ClNO3S. The molecule has 0 bridgehead atoms. The second kappa shape index (κ2) is 10.1. The number of benzene rings is 2. The first-order valence-corrected chi connectivity index (χ1v) is 9.40. The first-order valence-electron chi connectivity index (χ1n) is 8.04. The predicted octanol–water partition coefficient (Wildman–Crippen LogP) is 5.03. The largest absolute Gasteiger partial charge is 0.462 e. The molecule has 2 rings (SSSR count). The van der Waals surface area contributed by atoms with E-state index in [2.05, 4.69) is 5.32 Å². The van der Waals surface area contributed by atoms with E-state index in [0.29, 0.717) is 24.3 Å². The summed E-state index contributed by atoms with van der Waals surface area (Å²) >= 11 is 7.54. The monoisotopic (exact) mass is 377 g/mol. The molecule has 0 unspecified atom stereocenters. The van der Waals surface area contributed by atoms with Gasteiger partial charge in [-0.3, -0.25) is 4.79 Å². The zero-order chi connectivity index (χ0) is 18.1. The fourth-order valence-corrected chi connectivity index (χ4v) is 3.06. The highest BCUT2D eigenvalue weighted by Crippen LogP contribution is 2.21. The van der Waals surface area contributed by atoms with E-state index >= 15 is 0 Å². The lowest BCUT2D eigenvalue weighted by molar-refractivity contribution is -0.116. The smallest absolute Gasteiger partial charge is 0.338 e. The van der Waals surface area contributed by atoms with Crippen LogP contribution in [0.15, 0.2) is 53.4 Å². The topological polar surface area (TPSA) is 55.4 Å². The van der Waals surface area contributed by atoms with Crippen LogP contribution < -0.4 is 5.32 Å². The van der Waals surface area contributed by atoms with Crippen molar-refractivity contribution < 1.29 is 14.3 Å². The van der Waals surface area contributed by atoms with Gasteiger partial charge in [-0.25, -0.2) is 4.79 Å². The number of carbonyl (C=O) groups excluding carboxylic acids is 2. The van der Waals surface area contributed by atoms with Crippen LogP contribution in [0.3, 0.4) is 0 Å². The highest BCUT2D eigenvalue weighted by atomic mass is 35.5. The number of carbonyl (C=O) groups is 2. The van der Waals surface area contributed by atoms with Gasteiger partial charge < -0.3 is 10.1 Å². The zero-order valence-corrected chi connectivity index (χ0v) is 15.5. The quantitative estimate of drug-likeness (QED) is 0.398. The van der Waals surface area contributed by atoms with Crippen molar-refractivity contribution in [1.29, 1.82) is 0 Å². The number of ether oxygens (including phenoxy) is 1. The third-order valence-electron chi connectivity index (χ3n) is 3.31. The standard InChI is InChI=1S/C19H20ClNO3S/c1-2-24-19(23)14-5-9-16(10-6-14)21-18(22)4-3-13-25-17-11-7-15(20)8-12-17/h5-12H,2-4,13H2,1H3,(H,21,22). The van der Waals surface area contributed by atoms with E-state index in [1.165, 1.54) is 0 Å². The molecule has 1 amide bonds. The molecule has 0 aliphatic heterocycles. The summed E-state index contributed by atoms with van der Waals surface area (Å²) in [7, 11) is 0. The van der Waals surface area contributed by atoms with Gasteiger partial charge in [-0.15, -0.1) is 11.8 Å². The molecule has 0 aliphatic carbocycles. The number of halogens is 1. The van der Waals surface area contributed by atoms with E-state index < -0.39 is 0 Å². The van der Waals surface area contributed by atoms with Crippen LogP contribution in [-0.4, -0.2) is 24.2 Å². The summed E-state index contributed by atoms with van der Waals surface area (Å²) in [6.45, 7) is 2.10. The Hall–Kier alpha value is -1.98. The highest BCUT2D eigenvalue weighted by molar-refractivity contribution is 7.99. The van der Waals surface area contributed by atoms with Crippen molar-refractivity contribution in [2.45, 2.75) is 24.7 Å². The maximum Gasteiger partial charge on any atom is 0.338 e. The van der Waals surface area contributed by atoms with Crippen molar-refractivity contribution >= 4 is 40.9 Å². The normalized spacial score (nSPS) is 10.3. The molecule has 25 heavy (non-hydrogen) atoms. The molecule has 0 saturated carbocycles. The minimum Gasteiger partial charge on any atom is -0.462 e. The van der Waals surface area contributed by atoms with Crippen LogP contribution in [0.2, 0.25) is 5.02 Å². The van der Waals surface area contributed by atoms with Gasteiger partial charge in [0.2, 0.25) is 5.91 Å². The van der Waals surface area contributed by atoms with Gasteiger partial charge in [0.1, 0.15) is 0 Å². The van der Waals surface area contributed by atoms with Crippen LogP contribution in [0, 0.1) is 0 Å². The molecule has 0 saturated heterocycles. The first-order chi connectivity index (χ1) is 12.1. The second-order valence-electron chi connectivity index (χ2n) is 5.25. The lowest BCUT2D eigenvalue weighted by Gasteiger charge is -2.07. The predicted molar refractivity (Wildman–Crippen MR) is 102 cm³/mol. The number of amides is 1. The summed E-state index contributed by atoms with van der Waals surface area (Å²) < 4.78 is 4.92. The Morgan fingerprint density at radius 1 is 1.08 bits per heavy atom. The SMILES string of the molecule is CCOC(=O)c1ccc(NC(=O)CCCSc2ccc(Cl)cc2)cc1. The van der Waals surface area contributed by atoms with Crippen molar-refractivity contribution in [3.05, 3.63) is 59.1 Å². The molecule has 2 aromatic rings. The van der Waals surface area contributed by atoms with Gasteiger partial charge in [0, 0.05) is 22.0 Å². The van der Waals surface area contributed by atoms with Gasteiger partial charge in [0.25, 0.3) is 0 Å². The van der Waals surface area contributed by atoms with Gasteiger partial charge in [-0.1, -0.05) is 11.6 Å². The molecule has 0 atom stereocenters. The molecular weight excluding hydrogens is 358 g/mol. The molecule has 4 nitrogen and oxygen atoms in total. The number of rotatable bonds is 8. The molecule has 0 fully saturated rings. The lowest BCUT2D eigenvalue weighted by atomic mass is 10.2. The Labute approximate surface area is 156 Å². The Kier molecular flexibility index (Phi) is 7.82. The summed E-state index contributed by atoms with van der Waals surface area (Å²) in [5.41, 5.74) is 1.14. The molecule has 132 valence electrons. The number of esters is 1. The Morgan fingerprint density at radius 3 is 2.40 bits per heavy atom. The third kappa shape index (κ3) is 6.80. The minimum atomic E-state index is -0.361. The van der Waals surface area contributed by atoms with Crippen molar-refractivity contribution in [3.8, 4) is 0 Å². The average molecular weight is 378 g/mol. The van der Waals surface area contributed by atoms with Crippen molar-refractivity contribution in [2.24, 2.45) is 0 Å². The minimum absolute atomic E-state index is 0.0411. The fourth-order valence-electron chi connectivity index (χ4n) is 2.08. The van der Waals surface area contributed by atoms with E-state index in [9.17, 15) is 9.59 Å². The van der Waals surface area contributed by atoms with Crippen LogP contribution >= 0.6 is 23.4 Å². The number of anilines is 1. The van der Waals surface area contributed by atoms with Crippen LogP contribution in [0.25, 0.3) is 0 Å². The Balaban J connectivity index is 1.71. The number of thioether (sulfide) groups is 1. The van der Waals surface area contributed by atoms with Crippen LogP contribution in [-0.2, 0) is 9.53 Å². The Bertz CT molecular complexity index is 702. The number of nitrogens with one attached hydrogen (secondary N) is 1. The van der Waals surface area contributed by atoms with E-state index in [1.807, 2.05) is 24.3 Å². The molecule has 0 aliphatic rings. The van der Waals surface area contributed by atoms with Gasteiger partial charge in [-0.05, 0) is 67.6 Å². The fraction of sp³-hybridized carbons (Fsp3) is 0.263. The third-order valence-corrected chi connectivity index (χ3v) is 4.66. The average Bonchev–Trinajstić information content (AvgIpc) is 2.61. The molecule has 2 aromatic carbocycles. The number of hydrogen-bond acceptors (Lipinski definition) is 4. The summed E-state index contributed by atoms with van der Waals surface area (Å²) in [5.74, 6) is 0.455. The summed E-state index contributed by atoms with van der Waals surface area (Å²) in [6, 6.07) is 14.3. The van der Waals surface area contributed by atoms with E-state index in [1.54, 1.807) is 43.0 Å². The lowest BCUT2D eigenvalue weighted by Crippen LogP contribution is -2.12. The van der Waals surface area contributed by atoms with Crippen LogP contribution in [0.5, 0.6) is 0 Å². The summed E-state index contributed by atoms with van der Waals surface area (Å²) in [4.78, 5) is 24.7. The molecule has 0 radical (unpaired) electrons. The van der Waals surface area contributed by atoms with Gasteiger partial charge in [0.15, 0.2) is 0 Å². The van der Waals surface area contributed by atoms with Crippen molar-refractivity contribution in [3.63, 3.8) is 0 Å². The van der Waals surface area contributed by atoms with E-state index in [4.69, 9.17) is 16.3 Å². The van der Waals surface area contributed by atoms with Crippen LogP contribution in [0.4, 0.5) is 5.69 Å². The van der Waals surface area contributed by atoms with E-state index in [0.717, 1.165) is 22.1 Å². The zero-order valence-electron chi connectivity index (χ0n) is 14.0. The van der Waals surface area contributed by atoms with Gasteiger partial charge in [0.05, 0.1) is 12.2 Å². The second-order valence-corrected chi connectivity index (χ2v) is 6.86.